The number of ether oxygens (including phenoxy) is 3. The van der Waals surface area contributed by atoms with Crippen molar-refractivity contribution >= 4 is 40.8 Å². The summed E-state index contributed by atoms with van der Waals surface area (Å²) in [6, 6.07) is 27.2. The van der Waals surface area contributed by atoms with Crippen LogP contribution in [0.2, 0.25) is 10.0 Å². The Kier molecular flexibility index (Phi) is 13.4. The minimum atomic E-state index is -0.824. The number of pyridine rings is 1. The Balaban J connectivity index is 0.982. The van der Waals surface area contributed by atoms with Crippen molar-refractivity contribution in [3.63, 3.8) is 0 Å². The molecule has 0 unspecified atom stereocenters. The third-order valence-electron chi connectivity index (χ3n) is 13.1. The first-order chi connectivity index (χ1) is 30.0. The zero-order valence-electron chi connectivity index (χ0n) is 36.3. The zero-order chi connectivity index (χ0) is 43.5. The van der Waals surface area contributed by atoms with E-state index in [1.165, 1.54) is 19.1 Å². The molecule has 1 N–H and O–H groups in total. The Morgan fingerprint density at radius 3 is 2.40 bits per heavy atom. The fraction of sp³-hybridized carbons (Fsp3) is 0.392. The van der Waals surface area contributed by atoms with E-state index in [0.717, 1.165) is 101 Å². The van der Waals surface area contributed by atoms with Gasteiger partial charge in [-0.3, -0.25) is 14.7 Å². The molecule has 8 rings (SSSR count). The van der Waals surface area contributed by atoms with Gasteiger partial charge in [-0.2, -0.15) is 0 Å². The van der Waals surface area contributed by atoms with E-state index >= 15 is 0 Å². The summed E-state index contributed by atoms with van der Waals surface area (Å²) in [7, 11) is 3.48. The first-order valence-electron chi connectivity index (χ1n) is 21.9. The average molecular weight is 876 g/mol. The number of esters is 1. The van der Waals surface area contributed by atoms with E-state index in [-0.39, 0.29) is 18.1 Å². The quantitative estimate of drug-likeness (QED) is 0.117. The number of carbonyl (C=O) groups excluding carboxylic acids is 2. The molecule has 0 radical (unpaired) electrons. The number of hydrogen-bond acceptors (Lipinski definition) is 8. The number of aromatic nitrogens is 1. The topological polar surface area (TPSA) is 93.2 Å². The lowest BCUT2D eigenvalue weighted by atomic mass is 9.83. The molecule has 0 saturated heterocycles. The van der Waals surface area contributed by atoms with Crippen LogP contribution >= 0.6 is 23.2 Å². The number of fused-ring (bicyclic) bond motifs is 2. The minimum absolute atomic E-state index is 0.147. The van der Waals surface area contributed by atoms with Gasteiger partial charge in [0, 0.05) is 51.4 Å². The first-order valence-corrected chi connectivity index (χ1v) is 22.6. The predicted octanol–water partition coefficient (Wildman–Crippen LogP) is 10.6. The molecule has 1 amide bonds. The van der Waals surface area contributed by atoms with Crippen LogP contribution in [0.25, 0.3) is 11.1 Å². The largest absolute Gasteiger partial charge is 0.486 e. The van der Waals surface area contributed by atoms with Gasteiger partial charge in [0.1, 0.15) is 29.7 Å². The number of halogens is 2. The van der Waals surface area contributed by atoms with Crippen LogP contribution in [-0.2, 0) is 33.7 Å². The Labute approximate surface area is 375 Å². The van der Waals surface area contributed by atoms with Gasteiger partial charge in [-0.05, 0) is 132 Å². The molecule has 4 atom stereocenters. The summed E-state index contributed by atoms with van der Waals surface area (Å²) in [4.78, 5) is 36.6. The Morgan fingerprint density at radius 2 is 1.71 bits per heavy atom. The molecular weight excluding hydrogens is 819 g/mol. The minimum Gasteiger partial charge on any atom is -0.486 e. The number of benzene rings is 4. The highest BCUT2D eigenvalue weighted by molar-refractivity contribution is 6.42. The molecule has 1 fully saturated rings. The van der Waals surface area contributed by atoms with E-state index in [1.54, 1.807) is 6.07 Å². The highest BCUT2D eigenvalue weighted by Crippen LogP contribution is 2.42. The molecule has 1 aromatic heterocycles. The van der Waals surface area contributed by atoms with Crippen molar-refractivity contribution in [1.82, 2.24) is 15.2 Å². The lowest BCUT2D eigenvalue weighted by molar-refractivity contribution is -0.146. The van der Waals surface area contributed by atoms with Gasteiger partial charge < -0.3 is 24.4 Å². The van der Waals surface area contributed by atoms with Gasteiger partial charge in [-0.15, -0.1) is 0 Å². The van der Waals surface area contributed by atoms with Gasteiger partial charge in [0.25, 0.3) is 0 Å². The number of nitrogens with zero attached hydrogens (tertiary/aromatic N) is 3. The van der Waals surface area contributed by atoms with Crippen molar-refractivity contribution in [1.29, 1.82) is 0 Å². The maximum atomic E-state index is 14.4. The van der Waals surface area contributed by atoms with E-state index in [0.29, 0.717) is 35.3 Å². The molecule has 3 aliphatic rings. The predicted molar refractivity (Wildman–Crippen MR) is 246 cm³/mol. The lowest BCUT2D eigenvalue weighted by Gasteiger charge is -2.40. The maximum absolute atomic E-state index is 14.4. The monoisotopic (exact) mass is 874 g/mol. The summed E-state index contributed by atoms with van der Waals surface area (Å²) >= 11 is 12.5. The number of amides is 1. The van der Waals surface area contributed by atoms with Gasteiger partial charge >= 0.3 is 5.97 Å². The summed E-state index contributed by atoms with van der Waals surface area (Å²) in [6.45, 7) is 8.42. The highest BCUT2D eigenvalue weighted by atomic mass is 35.5. The molecule has 0 spiro atoms. The summed E-state index contributed by atoms with van der Waals surface area (Å²) in [5, 5.41) is 4.17. The van der Waals surface area contributed by atoms with Crippen molar-refractivity contribution in [2.75, 3.05) is 32.1 Å². The van der Waals surface area contributed by atoms with Gasteiger partial charge in [0.05, 0.1) is 28.9 Å². The van der Waals surface area contributed by atoms with Crippen LogP contribution in [0.5, 0.6) is 11.5 Å². The third-order valence-corrected chi connectivity index (χ3v) is 13.9. The fourth-order valence-corrected chi connectivity index (χ4v) is 9.33. The molecule has 1 aliphatic carbocycles. The SMILES string of the molecule is CC[C@@H](Oc1ccc([C@H]2CCN(C)c3cc4c(cc3O2)CN(CC2CCC2)[C@H](C(=O)N[C@@H](Cc2ccc(-c3ccnc(C)c3C)cc2)C(=O)OC)C4)cc1)c1ccc(Cl)c(Cl)c1. The molecule has 4 aromatic carbocycles. The van der Waals surface area contributed by atoms with E-state index in [2.05, 4.69) is 77.4 Å². The smallest absolute Gasteiger partial charge is 0.328 e. The molecule has 3 heterocycles. The van der Waals surface area contributed by atoms with Crippen LogP contribution in [0.1, 0.15) is 90.3 Å². The number of nitrogens with one attached hydrogen (secondary N) is 1. The van der Waals surface area contributed by atoms with Crippen molar-refractivity contribution in [3.8, 4) is 22.6 Å². The Hall–Kier alpha value is -5.09. The number of rotatable bonds is 13. The fourth-order valence-electron chi connectivity index (χ4n) is 9.02. The van der Waals surface area contributed by atoms with Gasteiger partial charge in [-0.25, -0.2) is 4.79 Å². The van der Waals surface area contributed by atoms with Crippen LogP contribution in [0.3, 0.4) is 0 Å². The second-order valence-electron chi connectivity index (χ2n) is 17.2. The average Bonchev–Trinajstić information content (AvgIpc) is 3.42. The molecule has 2 aliphatic heterocycles. The van der Waals surface area contributed by atoms with Crippen LogP contribution in [0.4, 0.5) is 5.69 Å². The highest BCUT2D eigenvalue weighted by Gasteiger charge is 2.37. The normalized spacial score (nSPS) is 18.6. The second-order valence-corrected chi connectivity index (χ2v) is 18.0. The number of anilines is 1. The zero-order valence-corrected chi connectivity index (χ0v) is 37.8. The lowest BCUT2D eigenvalue weighted by Crippen LogP contribution is -2.55. The van der Waals surface area contributed by atoms with Gasteiger partial charge in [-0.1, -0.05) is 79.0 Å². The summed E-state index contributed by atoms with van der Waals surface area (Å²) in [6.07, 6.45) is 7.50. The summed E-state index contributed by atoms with van der Waals surface area (Å²) in [5.74, 6) is 1.55. The molecule has 0 bridgehead atoms. The number of carbonyl (C=O) groups is 2. The van der Waals surface area contributed by atoms with Crippen molar-refractivity contribution in [2.24, 2.45) is 5.92 Å². The van der Waals surface area contributed by atoms with Crippen LogP contribution in [-0.4, -0.2) is 61.1 Å². The molecule has 324 valence electrons. The molecule has 9 nitrogen and oxygen atoms in total. The molecular formula is C51H56Cl2N4O5. The van der Waals surface area contributed by atoms with Crippen LogP contribution < -0.4 is 19.7 Å². The van der Waals surface area contributed by atoms with Crippen molar-refractivity contribution in [3.05, 3.63) is 140 Å². The molecule has 11 heteroatoms. The van der Waals surface area contributed by atoms with Crippen molar-refractivity contribution < 1.29 is 23.8 Å². The number of methoxy groups -OCH3 is 1. The van der Waals surface area contributed by atoms with E-state index in [9.17, 15) is 9.59 Å². The Morgan fingerprint density at radius 1 is 0.935 bits per heavy atom. The van der Waals surface area contributed by atoms with Gasteiger partial charge in [0.2, 0.25) is 5.91 Å². The van der Waals surface area contributed by atoms with Gasteiger partial charge in [0.15, 0.2) is 0 Å². The summed E-state index contributed by atoms with van der Waals surface area (Å²) in [5.41, 5.74) is 10.6. The summed E-state index contributed by atoms with van der Waals surface area (Å²) < 4.78 is 18.5. The Bertz CT molecular complexity index is 2400. The van der Waals surface area contributed by atoms with Crippen LogP contribution in [0.15, 0.2) is 91.1 Å². The maximum Gasteiger partial charge on any atom is 0.328 e. The standard InChI is InChI=1S/C51H56Cl2N4O5/c1-6-47(37-16-19-42(52)43(53)25-37)61-40-17-14-36(15-18-40)48-21-23-56(4)45-26-38-27-46(57(29-34-8-7-9-34)30-39(38)28-49(45)62-48)50(58)55-44(51(59)60-5)24-33-10-12-35(13-11-33)41-20-22-54-32(3)31(41)2/h10-20,22,25-26,28,34,44,46-48H,6-9,21,23-24,27,29-30H2,1-5H3,(H,55,58)/t44-,46-,47+,48+/m0/s1. The van der Waals surface area contributed by atoms with E-state index < -0.39 is 18.1 Å². The third kappa shape index (κ3) is 9.60. The van der Waals surface area contributed by atoms with Crippen molar-refractivity contribution in [2.45, 2.75) is 96.6 Å². The molecule has 5 aromatic rings. The van der Waals surface area contributed by atoms with E-state index in [4.69, 9.17) is 37.4 Å². The number of hydrogen-bond donors (Lipinski definition) is 1. The van der Waals surface area contributed by atoms with E-state index in [1.807, 2.05) is 55.6 Å². The first kappa shape index (κ1) is 43.6. The molecule has 1 saturated carbocycles. The van der Waals surface area contributed by atoms with Crippen LogP contribution in [0, 0.1) is 19.8 Å². The second kappa shape index (κ2) is 19.1. The number of aryl methyl sites for hydroxylation is 1. The molecule has 62 heavy (non-hydrogen) atoms.